The SMILES string of the molecule is COc1ccc(C(Nc2ccccc2Br)C(N)=O)cc1Br. The van der Waals surface area contributed by atoms with Gasteiger partial charge in [0.1, 0.15) is 11.8 Å². The van der Waals surface area contributed by atoms with Gasteiger partial charge in [-0.15, -0.1) is 0 Å². The van der Waals surface area contributed by atoms with Crippen molar-refractivity contribution in [3.63, 3.8) is 0 Å². The maximum Gasteiger partial charge on any atom is 0.244 e. The molecule has 3 N–H and O–H groups in total. The summed E-state index contributed by atoms with van der Waals surface area (Å²) < 4.78 is 6.82. The molecule has 21 heavy (non-hydrogen) atoms. The van der Waals surface area contributed by atoms with Crippen molar-refractivity contribution >= 4 is 43.5 Å². The standard InChI is InChI=1S/C15H14Br2N2O2/c1-21-13-7-6-9(8-11(13)17)14(15(18)20)19-12-5-3-2-4-10(12)16/h2-8,14,19H,1H3,(H2,18,20). The van der Waals surface area contributed by atoms with E-state index in [1.165, 1.54) is 0 Å². The number of nitrogens with two attached hydrogens (primary N) is 1. The summed E-state index contributed by atoms with van der Waals surface area (Å²) in [5, 5.41) is 3.14. The van der Waals surface area contributed by atoms with Crippen molar-refractivity contribution < 1.29 is 9.53 Å². The van der Waals surface area contributed by atoms with Gasteiger partial charge in [0, 0.05) is 10.2 Å². The van der Waals surface area contributed by atoms with Crippen molar-refractivity contribution in [3.8, 4) is 5.75 Å². The molecule has 0 saturated carbocycles. The Labute approximate surface area is 139 Å². The van der Waals surface area contributed by atoms with E-state index in [9.17, 15) is 4.79 Å². The van der Waals surface area contributed by atoms with Gasteiger partial charge in [0.05, 0.1) is 11.6 Å². The van der Waals surface area contributed by atoms with Crippen molar-refractivity contribution in [2.75, 3.05) is 12.4 Å². The van der Waals surface area contributed by atoms with Crippen LogP contribution in [0.25, 0.3) is 0 Å². The second-order valence-corrected chi connectivity index (χ2v) is 6.06. The van der Waals surface area contributed by atoms with Crippen LogP contribution in [-0.2, 0) is 4.79 Å². The van der Waals surface area contributed by atoms with Crippen LogP contribution < -0.4 is 15.8 Å². The summed E-state index contributed by atoms with van der Waals surface area (Å²) in [6.07, 6.45) is 0. The molecule has 0 radical (unpaired) electrons. The van der Waals surface area contributed by atoms with Gasteiger partial charge in [0.2, 0.25) is 5.91 Å². The predicted octanol–water partition coefficient (Wildman–Crippen LogP) is 3.86. The van der Waals surface area contributed by atoms with Crippen LogP contribution in [0.1, 0.15) is 11.6 Å². The molecule has 0 aliphatic rings. The number of ether oxygens (including phenoxy) is 1. The molecule has 0 aliphatic heterocycles. The van der Waals surface area contributed by atoms with Crippen molar-refractivity contribution in [2.24, 2.45) is 5.73 Å². The van der Waals surface area contributed by atoms with Crippen LogP contribution in [-0.4, -0.2) is 13.0 Å². The van der Waals surface area contributed by atoms with Gasteiger partial charge < -0.3 is 15.8 Å². The fraction of sp³-hybridized carbons (Fsp3) is 0.133. The minimum atomic E-state index is -0.633. The summed E-state index contributed by atoms with van der Waals surface area (Å²) in [6, 6.07) is 12.3. The number of benzene rings is 2. The molecular formula is C15H14Br2N2O2. The van der Waals surface area contributed by atoms with Gasteiger partial charge in [0.25, 0.3) is 0 Å². The van der Waals surface area contributed by atoms with E-state index in [-0.39, 0.29) is 0 Å². The highest BCUT2D eigenvalue weighted by Crippen LogP contribution is 2.31. The summed E-state index contributed by atoms with van der Waals surface area (Å²) in [5.74, 6) is 0.241. The van der Waals surface area contributed by atoms with Gasteiger partial charge in [-0.2, -0.15) is 0 Å². The van der Waals surface area contributed by atoms with Gasteiger partial charge in [-0.3, -0.25) is 4.79 Å². The largest absolute Gasteiger partial charge is 0.496 e. The van der Waals surface area contributed by atoms with Crippen LogP contribution in [0, 0.1) is 0 Å². The first-order valence-corrected chi connectivity index (χ1v) is 7.75. The molecule has 0 aromatic heterocycles. The van der Waals surface area contributed by atoms with E-state index in [4.69, 9.17) is 10.5 Å². The zero-order valence-electron chi connectivity index (χ0n) is 11.3. The number of methoxy groups -OCH3 is 1. The molecule has 0 spiro atoms. The molecule has 1 unspecified atom stereocenters. The third kappa shape index (κ3) is 3.77. The zero-order chi connectivity index (χ0) is 15.4. The number of hydrogen-bond acceptors (Lipinski definition) is 3. The molecule has 0 fully saturated rings. The smallest absolute Gasteiger partial charge is 0.244 e. The molecule has 1 amide bonds. The average Bonchev–Trinajstić information content (AvgIpc) is 2.46. The summed E-state index contributed by atoms with van der Waals surface area (Å²) in [7, 11) is 1.59. The van der Waals surface area contributed by atoms with E-state index >= 15 is 0 Å². The Kier molecular flexibility index (Phi) is 5.25. The van der Waals surface area contributed by atoms with Crippen LogP contribution in [0.15, 0.2) is 51.4 Å². The quantitative estimate of drug-likeness (QED) is 0.782. The maximum atomic E-state index is 11.8. The van der Waals surface area contributed by atoms with Crippen LogP contribution >= 0.6 is 31.9 Å². The molecule has 0 aliphatic carbocycles. The Balaban J connectivity index is 2.34. The van der Waals surface area contributed by atoms with Gasteiger partial charge in [-0.1, -0.05) is 18.2 Å². The molecule has 4 nitrogen and oxygen atoms in total. The van der Waals surface area contributed by atoms with Crippen molar-refractivity contribution in [3.05, 3.63) is 57.0 Å². The van der Waals surface area contributed by atoms with Gasteiger partial charge >= 0.3 is 0 Å². The lowest BCUT2D eigenvalue weighted by Crippen LogP contribution is -2.27. The highest BCUT2D eigenvalue weighted by molar-refractivity contribution is 9.11. The Morgan fingerprint density at radius 3 is 2.48 bits per heavy atom. The number of nitrogens with one attached hydrogen (secondary N) is 1. The van der Waals surface area contributed by atoms with Crippen LogP contribution in [0.2, 0.25) is 0 Å². The number of para-hydroxylation sites is 1. The Morgan fingerprint density at radius 1 is 1.19 bits per heavy atom. The van der Waals surface area contributed by atoms with E-state index in [0.717, 1.165) is 20.2 Å². The second kappa shape index (κ2) is 6.95. The van der Waals surface area contributed by atoms with Crippen molar-refractivity contribution in [1.29, 1.82) is 0 Å². The molecule has 0 bridgehead atoms. The number of carbonyl (C=O) groups is 1. The second-order valence-electron chi connectivity index (χ2n) is 4.35. The van der Waals surface area contributed by atoms with Crippen molar-refractivity contribution in [2.45, 2.75) is 6.04 Å². The first kappa shape index (κ1) is 15.9. The summed E-state index contributed by atoms with van der Waals surface area (Å²) >= 11 is 6.85. The fourth-order valence-electron chi connectivity index (χ4n) is 1.91. The third-order valence-electron chi connectivity index (χ3n) is 2.97. The molecule has 1 atom stereocenters. The lowest BCUT2D eigenvalue weighted by molar-refractivity contribution is -0.118. The molecule has 0 heterocycles. The normalized spacial score (nSPS) is 11.8. The molecular weight excluding hydrogens is 400 g/mol. The predicted molar refractivity (Wildman–Crippen MR) is 90.4 cm³/mol. The van der Waals surface area contributed by atoms with E-state index < -0.39 is 11.9 Å². The number of rotatable bonds is 5. The van der Waals surface area contributed by atoms with Gasteiger partial charge in [-0.05, 0) is 61.7 Å². The molecule has 2 aromatic carbocycles. The molecule has 2 aromatic rings. The lowest BCUT2D eigenvalue weighted by Gasteiger charge is -2.19. The highest BCUT2D eigenvalue weighted by Gasteiger charge is 2.19. The first-order valence-electron chi connectivity index (χ1n) is 6.16. The fourth-order valence-corrected chi connectivity index (χ4v) is 2.87. The highest BCUT2D eigenvalue weighted by atomic mass is 79.9. The molecule has 0 saturated heterocycles. The number of carbonyl (C=O) groups excluding carboxylic acids is 1. The minimum absolute atomic E-state index is 0.456. The van der Waals surface area contributed by atoms with Gasteiger partial charge in [-0.25, -0.2) is 0 Å². The summed E-state index contributed by atoms with van der Waals surface area (Å²) in [6.45, 7) is 0. The van der Waals surface area contributed by atoms with E-state index in [0.29, 0.717) is 5.75 Å². The maximum absolute atomic E-state index is 11.8. The third-order valence-corrected chi connectivity index (χ3v) is 4.28. The zero-order valence-corrected chi connectivity index (χ0v) is 14.4. The van der Waals surface area contributed by atoms with Crippen LogP contribution in [0.3, 0.4) is 0 Å². The monoisotopic (exact) mass is 412 g/mol. The van der Waals surface area contributed by atoms with Crippen LogP contribution in [0.4, 0.5) is 5.69 Å². The molecule has 2 rings (SSSR count). The minimum Gasteiger partial charge on any atom is -0.496 e. The Morgan fingerprint density at radius 2 is 1.90 bits per heavy atom. The summed E-state index contributed by atoms with van der Waals surface area (Å²) in [4.78, 5) is 11.8. The number of hydrogen-bond donors (Lipinski definition) is 2. The number of amides is 1. The Bertz CT molecular complexity index is 662. The number of primary amides is 1. The van der Waals surface area contributed by atoms with E-state index in [1.807, 2.05) is 36.4 Å². The first-order chi connectivity index (χ1) is 10.0. The Hall–Kier alpha value is -1.53. The average molecular weight is 414 g/mol. The van der Waals surface area contributed by atoms with E-state index in [2.05, 4.69) is 37.2 Å². The number of halogens is 2. The van der Waals surface area contributed by atoms with Crippen LogP contribution in [0.5, 0.6) is 5.75 Å². The number of anilines is 1. The molecule has 6 heteroatoms. The van der Waals surface area contributed by atoms with Gasteiger partial charge in [0.15, 0.2) is 0 Å². The molecule has 110 valence electrons. The van der Waals surface area contributed by atoms with E-state index in [1.54, 1.807) is 13.2 Å². The topological polar surface area (TPSA) is 64.3 Å². The summed E-state index contributed by atoms with van der Waals surface area (Å²) in [5.41, 5.74) is 7.08. The lowest BCUT2D eigenvalue weighted by atomic mass is 10.1. The van der Waals surface area contributed by atoms with Crippen molar-refractivity contribution in [1.82, 2.24) is 0 Å².